The molecule has 4 rings (SSSR count). The van der Waals surface area contributed by atoms with Gasteiger partial charge in [0.25, 0.3) is 5.91 Å². The fraction of sp³-hybridized carbons (Fsp3) is 0.100. The van der Waals surface area contributed by atoms with E-state index in [-0.39, 0.29) is 12.5 Å². The number of nitrogens with one attached hydrogen (secondary N) is 2. The number of aromatic nitrogens is 4. The zero-order valence-electron chi connectivity index (χ0n) is 15.0. The average Bonchev–Trinajstić information content (AvgIpc) is 3.44. The molecule has 0 aliphatic heterocycles. The minimum atomic E-state index is -0.260. The molecule has 1 amide bonds. The lowest BCUT2D eigenvalue weighted by Gasteiger charge is -2.06. The van der Waals surface area contributed by atoms with E-state index in [1.54, 1.807) is 24.5 Å². The summed E-state index contributed by atoms with van der Waals surface area (Å²) in [7, 11) is 1.63. The predicted octanol–water partition coefficient (Wildman–Crippen LogP) is 3.53. The number of carbonyl (C=O) groups excluding carboxylic acids is 1. The van der Waals surface area contributed by atoms with Gasteiger partial charge in [-0.2, -0.15) is 5.10 Å². The highest BCUT2D eigenvalue weighted by atomic mass is 32.1. The van der Waals surface area contributed by atoms with Gasteiger partial charge in [0.15, 0.2) is 5.69 Å². The number of hydrogen-bond acceptors (Lipinski definition) is 6. The molecule has 0 saturated carbocycles. The topological polar surface area (TPSA) is 92.8 Å². The van der Waals surface area contributed by atoms with Gasteiger partial charge in [-0.25, -0.2) is 9.97 Å². The second kappa shape index (κ2) is 8.01. The Kier molecular flexibility index (Phi) is 5.11. The van der Waals surface area contributed by atoms with Gasteiger partial charge in [0.2, 0.25) is 0 Å². The van der Waals surface area contributed by atoms with Gasteiger partial charge in [0.05, 0.1) is 35.6 Å². The fourth-order valence-corrected chi connectivity index (χ4v) is 3.36. The lowest BCUT2D eigenvalue weighted by atomic mass is 10.1. The van der Waals surface area contributed by atoms with E-state index in [2.05, 4.69) is 25.5 Å². The van der Waals surface area contributed by atoms with Crippen molar-refractivity contribution in [1.82, 2.24) is 25.5 Å². The Morgan fingerprint density at radius 3 is 2.79 bits per heavy atom. The first-order chi connectivity index (χ1) is 13.7. The Hall–Kier alpha value is -3.52. The normalized spacial score (nSPS) is 10.6. The first-order valence-corrected chi connectivity index (χ1v) is 9.44. The molecule has 140 valence electrons. The lowest BCUT2D eigenvalue weighted by molar-refractivity contribution is 0.0945. The molecule has 0 atom stereocenters. The molecule has 0 radical (unpaired) electrons. The molecule has 0 spiro atoms. The van der Waals surface area contributed by atoms with E-state index in [0.717, 1.165) is 27.6 Å². The maximum Gasteiger partial charge on any atom is 0.272 e. The van der Waals surface area contributed by atoms with Crippen LogP contribution < -0.4 is 10.1 Å². The van der Waals surface area contributed by atoms with E-state index in [0.29, 0.717) is 11.4 Å². The van der Waals surface area contributed by atoms with Gasteiger partial charge in [-0.3, -0.25) is 9.89 Å². The van der Waals surface area contributed by atoms with Gasteiger partial charge >= 0.3 is 0 Å². The highest BCUT2D eigenvalue weighted by Gasteiger charge is 2.12. The number of amides is 1. The second-order valence-electron chi connectivity index (χ2n) is 5.95. The summed E-state index contributed by atoms with van der Waals surface area (Å²) in [6.07, 6.45) is 1.49. The van der Waals surface area contributed by atoms with Crippen molar-refractivity contribution in [2.45, 2.75) is 6.54 Å². The number of methoxy groups -OCH3 is 1. The summed E-state index contributed by atoms with van der Waals surface area (Å²) < 4.78 is 5.17. The van der Waals surface area contributed by atoms with Gasteiger partial charge in [0, 0.05) is 5.56 Å². The van der Waals surface area contributed by atoms with Crippen LogP contribution in [0, 0.1) is 0 Å². The van der Waals surface area contributed by atoms with Crippen LogP contribution >= 0.6 is 11.3 Å². The van der Waals surface area contributed by atoms with Crippen molar-refractivity contribution in [3.05, 3.63) is 71.6 Å². The van der Waals surface area contributed by atoms with Gasteiger partial charge in [-0.1, -0.05) is 6.07 Å². The first kappa shape index (κ1) is 17.9. The van der Waals surface area contributed by atoms with Crippen molar-refractivity contribution in [1.29, 1.82) is 0 Å². The number of aromatic amines is 1. The average molecular weight is 391 g/mol. The van der Waals surface area contributed by atoms with Gasteiger partial charge in [0.1, 0.15) is 12.1 Å². The number of H-pyrrole nitrogens is 1. The predicted molar refractivity (Wildman–Crippen MR) is 107 cm³/mol. The fourth-order valence-electron chi connectivity index (χ4n) is 2.67. The summed E-state index contributed by atoms with van der Waals surface area (Å²) in [5.74, 6) is 0.523. The van der Waals surface area contributed by atoms with Crippen LogP contribution in [0.3, 0.4) is 0 Å². The van der Waals surface area contributed by atoms with Crippen LogP contribution in [0.25, 0.3) is 21.8 Å². The van der Waals surface area contributed by atoms with Crippen LogP contribution in [0.2, 0.25) is 0 Å². The van der Waals surface area contributed by atoms with Crippen LogP contribution in [-0.4, -0.2) is 33.2 Å². The molecule has 0 saturated heterocycles. The molecule has 3 heterocycles. The Morgan fingerprint density at radius 2 is 2.04 bits per heavy atom. The monoisotopic (exact) mass is 391 g/mol. The number of nitrogens with zero attached hydrogens (tertiary/aromatic N) is 3. The van der Waals surface area contributed by atoms with Crippen LogP contribution in [-0.2, 0) is 6.54 Å². The van der Waals surface area contributed by atoms with Crippen molar-refractivity contribution in [2.75, 3.05) is 7.11 Å². The first-order valence-electron chi connectivity index (χ1n) is 8.56. The summed E-state index contributed by atoms with van der Waals surface area (Å²) in [6.45, 7) is 0.283. The van der Waals surface area contributed by atoms with Crippen molar-refractivity contribution < 1.29 is 9.53 Å². The largest absolute Gasteiger partial charge is 0.497 e. The highest BCUT2D eigenvalue weighted by molar-refractivity contribution is 7.13. The van der Waals surface area contributed by atoms with Crippen LogP contribution in [0.5, 0.6) is 5.75 Å². The molecule has 1 aromatic carbocycles. The number of rotatable bonds is 6. The van der Waals surface area contributed by atoms with E-state index in [4.69, 9.17) is 4.74 Å². The number of carbonyl (C=O) groups is 1. The van der Waals surface area contributed by atoms with Gasteiger partial charge in [-0.05, 0) is 47.8 Å². The summed E-state index contributed by atoms with van der Waals surface area (Å²) in [6, 6.07) is 15.1. The van der Waals surface area contributed by atoms with Gasteiger partial charge in [-0.15, -0.1) is 11.3 Å². The second-order valence-corrected chi connectivity index (χ2v) is 6.90. The zero-order valence-corrected chi connectivity index (χ0v) is 15.9. The Labute approximate surface area is 165 Å². The molecule has 7 nitrogen and oxygen atoms in total. The molecule has 3 aromatic heterocycles. The number of ether oxygens (including phenoxy) is 1. The molecule has 0 aliphatic carbocycles. The van der Waals surface area contributed by atoms with Crippen molar-refractivity contribution >= 4 is 17.2 Å². The maximum atomic E-state index is 12.4. The summed E-state index contributed by atoms with van der Waals surface area (Å²) in [4.78, 5) is 21.9. The summed E-state index contributed by atoms with van der Waals surface area (Å²) >= 11 is 1.59. The summed E-state index contributed by atoms with van der Waals surface area (Å²) in [5, 5.41) is 11.8. The quantitative estimate of drug-likeness (QED) is 0.524. The minimum Gasteiger partial charge on any atom is -0.497 e. The Bertz CT molecular complexity index is 1070. The van der Waals surface area contributed by atoms with Crippen molar-refractivity contribution in [3.63, 3.8) is 0 Å². The number of benzene rings is 1. The maximum absolute atomic E-state index is 12.4. The summed E-state index contributed by atoms with van der Waals surface area (Å²) in [5.41, 5.74) is 3.60. The Morgan fingerprint density at radius 1 is 1.18 bits per heavy atom. The number of thiophene rings is 1. The number of hydrogen-bond donors (Lipinski definition) is 2. The molecule has 4 aromatic rings. The lowest BCUT2D eigenvalue weighted by Crippen LogP contribution is -2.23. The molecular weight excluding hydrogens is 374 g/mol. The molecule has 2 N–H and O–H groups in total. The Balaban J connectivity index is 1.42. The van der Waals surface area contributed by atoms with Gasteiger partial charge < -0.3 is 10.1 Å². The minimum absolute atomic E-state index is 0.260. The SMILES string of the molecule is COc1ccc(-c2cc(CNC(=O)c3cc(-c4cccs4)[nH]n3)ncn2)cc1. The molecule has 0 fully saturated rings. The van der Waals surface area contributed by atoms with E-state index in [9.17, 15) is 4.79 Å². The third-order valence-electron chi connectivity index (χ3n) is 4.14. The van der Waals surface area contributed by atoms with Crippen LogP contribution in [0.1, 0.15) is 16.2 Å². The zero-order chi connectivity index (χ0) is 19.3. The van der Waals surface area contributed by atoms with Crippen molar-refractivity contribution in [2.24, 2.45) is 0 Å². The molecule has 28 heavy (non-hydrogen) atoms. The third-order valence-corrected chi connectivity index (χ3v) is 5.04. The van der Waals surface area contributed by atoms with E-state index in [1.165, 1.54) is 6.33 Å². The van der Waals surface area contributed by atoms with Crippen LogP contribution in [0.4, 0.5) is 0 Å². The van der Waals surface area contributed by atoms with E-state index >= 15 is 0 Å². The van der Waals surface area contributed by atoms with E-state index in [1.807, 2.05) is 47.8 Å². The molecular formula is C20H17N5O2S. The van der Waals surface area contributed by atoms with Crippen LogP contribution in [0.15, 0.2) is 60.2 Å². The molecule has 0 aliphatic rings. The molecule has 8 heteroatoms. The van der Waals surface area contributed by atoms with E-state index < -0.39 is 0 Å². The highest BCUT2D eigenvalue weighted by Crippen LogP contribution is 2.23. The third kappa shape index (κ3) is 3.91. The molecule has 0 unspecified atom stereocenters. The molecule has 0 bridgehead atoms. The van der Waals surface area contributed by atoms with Crippen molar-refractivity contribution in [3.8, 4) is 27.6 Å². The smallest absolute Gasteiger partial charge is 0.272 e. The standard InChI is InChI=1S/C20H17N5O2S/c1-27-15-6-4-13(5-7-15)16-9-14(22-12-23-16)11-21-20(26)18-10-17(24-25-18)19-3-2-8-28-19/h2-10,12H,11H2,1H3,(H,21,26)(H,24,25).